The molecule has 1 aliphatic carbocycles. The van der Waals surface area contributed by atoms with Crippen LogP contribution in [0.25, 0.3) is 10.9 Å². The van der Waals surface area contributed by atoms with Crippen LogP contribution in [0.3, 0.4) is 0 Å². The molecule has 1 amide bonds. The van der Waals surface area contributed by atoms with Crippen molar-refractivity contribution in [3.63, 3.8) is 0 Å². The molecule has 5 nitrogen and oxygen atoms in total. The predicted octanol–water partition coefficient (Wildman–Crippen LogP) is 3.68. The molecule has 1 aromatic carbocycles. The highest BCUT2D eigenvalue weighted by Gasteiger charge is 2.23. The van der Waals surface area contributed by atoms with Crippen LogP contribution in [-0.4, -0.2) is 28.0 Å². The lowest BCUT2D eigenvalue weighted by Gasteiger charge is -2.29. The summed E-state index contributed by atoms with van der Waals surface area (Å²) in [5.41, 5.74) is 1.97. The second-order valence-electron chi connectivity index (χ2n) is 7.05. The average Bonchev–Trinajstić information content (AvgIpc) is 2.70. The van der Waals surface area contributed by atoms with E-state index in [2.05, 4.69) is 15.3 Å². The van der Waals surface area contributed by atoms with Crippen LogP contribution < -0.4 is 10.1 Å². The zero-order valence-electron chi connectivity index (χ0n) is 15.2. The molecule has 0 bridgehead atoms. The van der Waals surface area contributed by atoms with Gasteiger partial charge >= 0.3 is 0 Å². The van der Waals surface area contributed by atoms with E-state index in [9.17, 15) is 4.79 Å². The van der Waals surface area contributed by atoms with Gasteiger partial charge < -0.3 is 10.1 Å². The minimum atomic E-state index is 0.0765. The molecular weight excluding hydrogens is 338 g/mol. The van der Waals surface area contributed by atoms with Gasteiger partial charge in [-0.25, -0.2) is 0 Å². The lowest BCUT2D eigenvalue weighted by Crippen LogP contribution is -2.40. The van der Waals surface area contributed by atoms with Crippen LogP contribution in [0.2, 0.25) is 0 Å². The van der Waals surface area contributed by atoms with E-state index >= 15 is 0 Å². The van der Waals surface area contributed by atoms with Gasteiger partial charge in [-0.15, -0.1) is 0 Å². The van der Waals surface area contributed by atoms with E-state index in [1.54, 1.807) is 18.6 Å². The van der Waals surface area contributed by atoms with Gasteiger partial charge in [0.2, 0.25) is 5.91 Å². The molecule has 5 heteroatoms. The summed E-state index contributed by atoms with van der Waals surface area (Å²) in [4.78, 5) is 20.5. The van der Waals surface area contributed by atoms with Gasteiger partial charge in [-0.2, -0.15) is 0 Å². The summed E-state index contributed by atoms with van der Waals surface area (Å²) in [5, 5.41) is 4.24. The Hall–Kier alpha value is -2.95. The number of pyridine rings is 2. The van der Waals surface area contributed by atoms with Gasteiger partial charge in [0.25, 0.3) is 0 Å². The van der Waals surface area contributed by atoms with E-state index in [1.807, 2.05) is 42.5 Å². The van der Waals surface area contributed by atoms with Crippen LogP contribution in [0.1, 0.15) is 31.2 Å². The van der Waals surface area contributed by atoms with Crippen LogP contribution in [0, 0.1) is 0 Å². The van der Waals surface area contributed by atoms with Crippen molar-refractivity contribution in [1.29, 1.82) is 0 Å². The first-order valence-corrected chi connectivity index (χ1v) is 9.46. The number of hydrogen-bond donors (Lipinski definition) is 1. The summed E-state index contributed by atoms with van der Waals surface area (Å²) in [5.74, 6) is 0.966. The van der Waals surface area contributed by atoms with Gasteiger partial charge in [0.1, 0.15) is 5.75 Å². The van der Waals surface area contributed by atoms with E-state index < -0.39 is 0 Å². The fourth-order valence-electron chi connectivity index (χ4n) is 3.61. The molecule has 1 saturated carbocycles. The van der Waals surface area contributed by atoms with Crippen molar-refractivity contribution >= 4 is 16.8 Å². The third-order valence-corrected chi connectivity index (χ3v) is 5.03. The van der Waals surface area contributed by atoms with Crippen molar-refractivity contribution in [2.45, 2.75) is 44.2 Å². The molecule has 138 valence electrons. The number of nitrogens with zero attached hydrogens (tertiary/aromatic N) is 2. The van der Waals surface area contributed by atoms with Crippen LogP contribution in [-0.2, 0) is 11.2 Å². The Bertz CT molecular complexity index is 906. The minimum Gasteiger partial charge on any atom is -0.490 e. The number of carbonyl (C=O) groups excluding carboxylic acids is 1. The van der Waals surface area contributed by atoms with Crippen LogP contribution >= 0.6 is 0 Å². The van der Waals surface area contributed by atoms with Crippen molar-refractivity contribution < 1.29 is 9.53 Å². The number of aromatic nitrogens is 2. The maximum Gasteiger partial charge on any atom is 0.224 e. The van der Waals surface area contributed by atoms with Gasteiger partial charge in [0, 0.05) is 30.0 Å². The lowest BCUT2D eigenvalue weighted by atomic mass is 9.92. The first-order valence-electron chi connectivity index (χ1n) is 9.46. The van der Waals surface area contributed by atoms with Gasteiger partial charge in [-0.05, 0) is 67.6 Å². The molecule has 0 unspecified atom stereocenters. The molecule has 0 atom stereocenters. The zero-order valence-corrected chi connectivity index (χ0v) is 15.2. The van der Waals surface area contributed by atoms with E-state index in [1.165, 1.54) is 0 Å². The Labute approximate surface area is 158 Å². The molecule has 0 aliphatic heterocycles. The molecule has 4 rings (SSSR count). The van der Waals surface area contributed by atoms with Crippen molar-refractivity contribution in [2.75, 3.05) is 0 Å². The largest absolute Gasteiger partial charge is 0.490 e. The number of nitrogens with one attached hydrogen (secondary N) is 1. The summed E-state index contributed by atoms with van der Waals surface area (Å²) in [7, 11) is 0. The highest BCUT2D eigenvalue weighted by atomic mass is 16.5. The van der Waals surface area contributed by atoms with Gasteiger partial charge in [0.05, 0.1) is 18.0 Å². The summed E-state index contributed by atoms with van der Waals surface area (Å²) in [6.07, 6.45) is 9.63. The quantitative estimate of drug-likeness (QED) is 0.753. The van der Waals surface area contributed by atoms with Gasteiger partial charge in [-0.1, -0.05) is 6.07 Å². The van der Waals surface area contributed by atoms with E-state index in [-0.39, 0.29) is 18.1 Å². The lowest BCUT2D eigenvalue weighted by molar-refractivity contribution is -0.121. The standard InChI is InChI=1S/C22H23N3O2/c26-22(14-16-9-12-23-13-10-16)25-18-3-5-19(6-4-18)27-20-7-8-21-17(15-20)2-1-11-24-21/h1-2,7-13,15,18-19H,3-6,14H2,(H,25,26). The molecule has 0 spiro atoms. The number of ether oxygens (including phenoxy) is 1. The maximum absolute atomic E-state index is 12.2. The van der Waals surface area contributed by atoms with Crippen LogP contribution in [0.15, 0.2) is 61.1 Å². The molecule has 0 saturated heterocycles. The average molecular weight is 361 g/mol. The summed E-state index contributed by atoms with van der Waals surface area (Å²) in [6.45, 7) is 0. The van der Waals surface area contributed by atoms with Crippen molar-refractivity contribution in [3.8, 4) is 5.75 Å². The Balaban J connectivity index is 1.26. The molecular formula is C22H23N3O2. The molecule has 1 fully saturated rings. The van der Waals surface area contributed by atoms with Gasteiger partial charge in [-0.3, -0.25) is 14.8 Å². The Morgan fingerprint density at radius 3 is 2.67 bits per heavy atom. The summed E-state index contributed by atoms with van der Waals surface area (Å²) < 4.78 is 6.16. The predicted molar refractivity (Wildman–Crippen MR) is 104 cm³/mol. The number of amides is 1. The van der Waals surface area contributed by atoms with E-state index in [4.69, 9.17) is 4.74 Å². The van der Waals surface area contributed by atoms with Crippen LogP contribution in [0.5, 0.6) is 5.75 Å². The third kappa shape index (κ3) is 4.61. The molecule has 1 N–H and O–H groups in total. The number of fused-ring (bicyclic) bond motifs is 1. The number of carbonyl (C=O) groups is 1. The van der Waals surface area contributed by atoms with Crippen molar-refractivity contribution in [2.24, 2.45) is 0 Å². The Kier molecular flexibility index (Phi) is 5.28. The SMILES string of the molecule is O=C(Cc1ccncc1)NC1CCC(Oc2ccc3ncccc3c2)CC1. The molecule has 2 heterocycles. The maximum atomic E-state index is 12.2. The smallest absolute Gasteiger partial charge is 0.224 e. The highest BCUT2D eigenvalue weighted by Crippen LogP contribution is 2.26. The Morgan fingerprint density at radius 1 is 1.04 bits per heavy atom. The Morgan fingerprint density at radius 2 is 1.85 bits per heavy atom. The van der Waals surface area contributed by atoms with Crippen molar-refractivity contribution in [1.82, 2.24) is 15.3 Å². The van der Waals surface area contributed by atoms with Crippen molar-refractivity contribution in [3.05, 3.63) is 66.6 Å². The second-order valence-corrected chi connectivity index (χ2v) is 7.05. The normalized spacial score (nSPS) is 19.6. The third-order valence-electron chi connectivity index (χ3n) is 5.03. The number of benzene rings is 1. The highest BCUT2D eigenvalue weighted by molar-refractivity contribution is 5.80. The summed E-state index contributed by atoms with van der Waals surface area (Å²) in [6, 6.07) is 14.0. The fourth-order valence-corrected chi connectivity index (χ4v) is 3.61. The van der Waals surface area contributed by atoms with Crippen LogP contribution in [0.4, 0.5) is 0 Å². The topological polar surface area (TPSA) is 64.1 Å². The molecule has 0 radical (unpaired) electrons. The molecule has 3 aromatic rings. The van der Waals surface area contributed by atoms with E-state index in [0.29, 0.717) is 6.42 Å². The number of hydrogen-bond acceptors (Lipinski definition) is 4. The fraction of sp³-hybridized carbons (Fsp3) is 0.318. The first-order chi connectivity index (χ1) is 13.3. The summed E-state index contributed by atoms with van der Waals surface area (Å²) >= 11 is 0. The monoisotopic (exact) mass is 361 g/mol. The molecule has 27 heavy (non-hydrogen) atoms. The number of rotatable bonds is 5. The van der Waals surface area contributed by atoms with Gasteiger partial charge in [0.15, 0.2) is 0 Å². The minimum absolute atomic E-state index is 0.0765. The molecule has 2 aromatic heterocycles. The zero-order chi connectivity index (χ0) is 18.5. The van der Waals surface area contributed by atoms with E-state index in [0.717, 1.165) is 47.9 Å². The molecule has 1 aliphatic rings. The second kappa shape index (κ2) is 8.16. The first kappa shape index (κ1) is 17.5.